The lowest BCUT2D eigenvalue weighted by Crippen LogP contribution is -2.34. The molecule has 0 spiro atoms. The van der Waals surface area contributed by atoms with Crippen molar-refractivity contribution in [2.24, 2.45) is 0 Å². The fraction of sp³-hybridized carbons (Fsp3) is 0.500. The number of hydrogen-bond donors (Lipinski definition) is 1. The molecule has 0 radical (unpaired) electrons. The Morgan fingerprint density at radius 2 is 1.94 bits per heavy atom. The highest BCUT2D eigenvalue weighted by molar-refractivity contribution is 5.80. The largest absolute Gasteiger partial charge is 0.378 e. The maximum Gasteiger partial charge on any atom is 0.249 e. The maximum absolute atomic E-state index is 11.6. The summed E-state index contributed by atoms with van der Waals surface area (Å²) in [6.45, 7) is 4.72. The van der Waals surface area contributed by atoms with Crippen LogP contribution in [0.2, 0.25) is 0 Å². The molecule has 1 N–H and O–H groups in total. The molecule has 0 aliphatic heterocycles. The van der Waals surface area contributed by atoms with Gasteiger partial charge in [0.05, 0.1) is 0 Å². The highest BCUT2D eigenvalue weighted by Gasteiger charge is 2.11. The topological polar surface area (TPSA) is 41.6 Å². The second-order valence-electron chi connectivity index (χ2n) is 4.38. The highest BCUT2D eigenvalue weighted by atomic mass is 16.5. The van der Waals surface area contributed by atoms with Crippen LogP contribution in [0.3, 0.4) is 0 Å². The van der Waals surface area contributed by atoms with Gasteiger partial charge in [-0.05, 0) is 31.5 Å². The van der Waals surface area contributed by atoms with Crippen molar-refractivity contribution >= 4 is 11.6 Å². The van der Waals surface area contributed by atoms with Crippen LogP contribution in [0, 0.1) is 0 Å². The molecular formula is C14H22N2O2. The predicted octanol–water partition coefficient (Wildman–Crippen LogP) is 1.79. The average molecular weight is 250 g/mol. The van der Waals surface area contributed by atoms with Gasteiger partial charge in [0.25, 0.3) is 0 Å². The van der Waals surface area contributed by atoms with Crippen molar-refractivity contribution in [1.82, 2.24) is 5.32 Å². The molecule has 18 heavy (non-hydrogen) atoms. The molecule has 4 nitrogen and oxygen atoms in total. The molecular weight excluding hydrogens is 228 g/mol. The summed E-state index contributed by atoms with van der Waals surface area (Å²) in [5.74, 6) is -0.0754. The normalized spacial score (nSPS) is 12.0. The van der Waals surface area contributed by atoms with E-state index >= 15 is 0 Å². The Hall–Kier alpha value is -1.55. The van der Waals surface area contributed by atoms with E-state index in [4.69, 9.17) is 4.74 Å². The van der Waals surface area contributed by atoms with Gasteiger partial charge >= 0.3 is 0 Å². The van der Waals surface area contributed by atoms with Crippen molar-refractivity contribution in [1.29, 1.82) is 0 Å². The summed E-state index contributed by atoms with van der Waals surface area (Å²) in [4.78, 5) is 13.7. The molecule has 1 amide bonds. The van der Waals surface area contributed by atoms with Crippen molar-refractivity contribution < 1.29 is 9.53 Å². The fourth-order valence-electron chi connectivity index (χ4n) is 1.57. The van der Waals surface area contributed by atoms with Gasteiger partial charge in [-0.25, -0.2) is 0 Å². The molecule has 1 atom stereocenters. The third-order valence-electron chi connectivity index (χ3n) is 2.71. The number of carbonyl (C=O) groups excluding carboxylic acids is 1. The Morgan fingerprint density at radius 1 is 1.33 bits per heavy atom. The van der Waals surface area contributed by atoms with Gasteiger partial charge in [-0.1, -0.05) is 12.1 Å². The van der Waals surface area contributed by atoms with Crippen molar-refractivity contribution in [2.75, 3.05) is 25.6 Å². The first-order valence-electron chi connectivity index (χ1n) is 6.20. The molecule has 0 bridgehead atoms. The van der Waals surface area contributed by atoms with Gasteiger partial charge in [0.1, 0.15) is 6.10 Å². The fourth-order valence-corrected chi connectivity index (χ4v) is 1.57. The van der Waals surface area contributed by atoms with Crippen molar-refractivity contribution in [3.63, 3.8) is 0 Å². The SMILES string of the molecule is CCO[C@@H](C)C(=O)NCc1ccc(N(C)C)cc1. The van der Waals surface area contributed by atoms with Gasteiger partial charge in [0.15, 0.2) is 0 Å². The quantitative estimate of drug-likeness (QED) is 0.837. The molecule has 0 aliphatic rings. The molecule has 0 fully saturated rings. The van der Waals surface area contributed by atoms with Gasteiger partial charge in [0, 0.05) is 32.9 Å². The Labute approximate surface area is 109 Å². The lowest BCUT2D eigenvalue weighted by atomic mass is 10.2. The number of nitrogens with one attached hydrogen (secondary N) is 1. The van der Waals surface area contributed by atoms with Crippen LogP contribution in [0.25, 0.3) is 0 Å². The number of benzene rings is 1. The lowest BCUT2D eigenvalue weighted by molar-refractivity contribution is -0.131. The van der Waals surface area contributed by atoms with E-state index in [-0.39, 0.29) is 5.91 Å². The third kappa shape index (κ3) is 4.37. The van der Waals surface area contributed by atoms with Crippen LogP contribution >= 0.6 is 0 Å². The molecule has 0 aliphatic carbocycles. The second kappa shape index (κ2) is 7.01. The second-order valence-corrected chi connectivity index (χ2v) is 4.38. The van der Waals surface area contributed by atoms with E-state index in [1.54, 1.807) is 6.92 Å². The smallest absolute Gasteiger partial charge is 0.249 e. The first-order valence-corrected chi connectivity index (χ1v) is 6.20. The molecule has 0 heterocycles. The highest BCUT2D eigenvalue weighted by Crippen LogP contribution is 2.11. The number of anilines is 1. The van der Waals surface area contributed by atoms with Crippen molar-refractivity contribution in [3.05, 3.63) is 29.8 Å². The zero-order valence-electron chi connectivity index (χ0n) is 11.6. The average Bonchev–Trinajstić information content (AvgIpc) is 2.36. The first kappa shape index (κ1) is 14.5. The van der Waals surface area contributed by atoms with E-state index in [9.17, 15) is 4.79 Å². The zero-order chi connectivity index (χ0) is 13.5. The van der Waals surface area contributed by atoms with Crippen LogP contribution in [0.1, 0.15) is 19.4 Å². The minimum Gasteiger partial charge on any atom is -0.378 e. The molecule has 1 rings (SSSR count). The van der Waals surface area contributed by atoms with Gasteiger partial charge in [-0.15, -0.1) is 0 Å². The molecule has 0 saturated carbocycles. The molecule has 100 valence electrons. The van der Waals surface area contributed by atoms with E-state index in [1.807, 2.05) is 50.2 Å². The molecule has 0 aromatic heterocycles. The number of ether oxygens (including phenoxy) is 1. The Bertz CT molecular complexity index is 374. The van der Waals surface area contributed by atoms with E-state index in [0.29, 0.717) is 13.2 Å². The lowest BCUT2D eigenvalue weighted by Gasteiger charge is -2.14. The Kier molecular flexibility index (Phi) is 5.65. The minimum atomic E-state index is -0.393. The van der Waals surface area contributed by atoms with Gasteiger partial charge < -0.3 is 15.0 Å². The van der Waals surface area contributed by atoms with E-state index in [2.05, 4.69) is 5.32 Å². The van der Waals surface area contributed by atoms with Crippen LogP contribution in [0.4, 0.5) is 5.69 Å². The first-order chi connectivity index (χ1) is 8.54. The minimum absolute atomic E-state index is 0.0754. The monoisotopic (exact) mass is 250 g/mol. The Balaban J connectivity index is 2.46. The summed E-state index contributed by atoms with van der Waals surface area (Å²) < 4.78 is 5.22. The van der Waals surface area contributed by atoms with Gasteiger partial charge in [0.2, 0.25) is 5.91 Å². The summed E-state index contributed by atoms with van der Waals surface area (Å²) >= 11 is 0. The van der Waals surface area contributed by atoms with Gasteiger partial charge in [-0.2, -0.15) is 0 Å². The predicted molar refractivity (Wildman–Crippen MR) is 73.7 cm³/mol. The van der Waals surface area contributed by atoms with E-state index in [0.717, 1.165) is 11.3 Å². The van der Waals surface area contributed by atoms with Crippen LogP contribution in [0.5, 0.6) is 0 Å². The van der Waals surface area contributed by atoms with E-state index in [1.165, 1.54) is 0 Å². The molecule has 4 heteroatoms. The number of hydrogen-bond acceptors (Lipinski definition) is 3. The standard InChI is InChI=1S/C14H22N2O2/c1-5-18-11(2)14(17)15-10-12-6-8-13(9-7-12)16(3)4/h6-9,11H,5,10H2,1-4H3,(H,15,17)/t11-/m0/s1. The van der Waals surface area contributed by atoms with Crippen molar-refractivity contribution in [2.45, 2.75) is 26.5 Å². The van der Waals surface area contributed by atoms with Crippen molar-refractivity contribution in [3.8, 4) is 0 Å². The number of carbonyl (C=O) groups is 1. The zero-order valence-corrected chi connectivity index (χ0v) is 11.6. The van der Waals surface area contributed by atoms with Crippen LogP contribution in [-0.4, -0.2) is 32.7 Å². The molecule has 1 aromatic rings. The summed E-state index contributed by atoms with van der Waals surface area (Å²) in [5.41, 5.74) is 2.23. The number of amides is 1. The van der Waals surface area contributed by atoms with E-state index < -0.39 is 6.10 Å². The summed E-state index contributed by atoms with van der Waals surface area (Å²) in [6.07, 6.45) is -0.393. The maximum atomic E-state index is 11.6. The summed E-state index contributed by atoms with van der Waals surface area (Å²) in [7, 11) is 4.00. The Morgan fingerprint density at radius 3 is 2.44 bits per heavy atom. The van der Waals surface area contributed by atoms with Crippen LogP contribution in [-0.2, 0) is 16.1 Å². The number of nitrogens with zero attached hydrogens (tertiary/aromatic N) is 1. The van der Waals surface area contributed by atoms with Crippen LogP contribution in [0.15, 0.2) is 24.3 Å². The summed E-state index contributed by atoms with van der Waals surface area (Å²) in [6, 6.07) is 8.10. The summed E-state index contributed by atoms with van der Waals surface area (Å²) in [5, 5.41) is 2.85. The molecule has 1 aromatic carbocycles. The molecule has 0 saturated heterocycles. The van der Waals surface area contributed by atoms with Crippen LogP contribution < -0.4 is 10.2 Å². The van der Waals surface area contributed by atoms with Gasteiger partial charge in [-0.3, -0.25) is 4.79 Å². The third-order valence-corrected chi connectivity index (χ3v) is 2.71. The molecule has 0 unspecified atom stereocenters. The number of rotatable bonds is 6.